The van der Waals surface area contributed by atoms with E-state index in [1.165, 1.54) is 6.07 Å². The van der Waals surface area contributed by atoms with Crippen molar-refractivity contribution >= 4 is 21.7 Å². The van der Waals surface area contributed by atoms with Crippen molar-refractivity contribution in [3.05, 3.63) is 52.5 Å². The minimum atomic E-state index is -3.96. The zero-order chi connectivity index (χ0) is 17.6. The van der Waals surface area contributed by atoms with E-state index in [1.54, 1.807) is 31.2 Å². The van der Waals surface area contributed by atoms with Gasteiger partial charge in [-0.1, -0.05) is 23.7 Å². The van der Waals surface area contributed by atoms with Gasteiger partial charge >= 0.3 is 10.1 Å². The molecule has 0 aromatic heterocycles. The molecule has 2 atom stereocenters. The Labute approximate surface area is 152 Å². The van der Waals surface area contributed by atoms with Crippen LogP contribution in [0.5, 0.6) is 11.5 Å². The predicted molar refractivity (Wildman–Crippen MR) is 95.1 cm³/mol. The lowest BCUT2D eigenvalue weighted by molar-refractivity contribution is 0.176. The highest BCUT2D eigenvalue weighted by atomic mass is 35.5. The molecule has 0 spiro atoms. The van der Waals surface area contributed by atoms with E-state index >= 15 is 0 Å². The molecule has 2 aromatic rings. The molecule has 1 fully saturated rings. The van der Waals surface area contributed by atoms with Crippen LogP contribution in [0, 0.1) is 6.92 Å². The first-order valence-corrected chi connectivity index (χ1v) is 9.95. The molecule has 0 aliphatic carbocycles. The van der Waals surface area contributed by atoms with Gasteiger partial charge in [-0.15, -0.1) is 0 Å². The van der Waals surface area contributed by atoms with Gasteiger partial charge in [0.15, 0.2) is 0 Å². The molecule has 25 heavy (non-hydrogen) atoms. The number of nitrogens with one attached hydrogen (secondary N) is 1. The molecule has 2 aliphatic heterocycles. The lowest BCUT2D eigenvalue weighted by Gasteiger charge is -2.24. The van der Waals surface area contributed by atoms with E-state index in [9.17, 15) is 8.42 Å². The van der Waals surface area contributed by atoms with E-state index in [0.29, 0.717) is 22.3 Å². The summed E-state index contributed by atoms with van der Waals surface area (Å²) in [4.78, 5) is 0.0688. The minimum absolute atomic E-state index is 0.0688. The van der Waals surface area contributed by atoms with Crippen molar-refractivity contribution in [1.82, 2.24) is 5.32 Å². The van der Waals surface area contributed by atoms with E-state index in [0.717, 1.165) is 25.1 Å². The Morgan fingerprint density at radius 3 is 2.96 bits per heavy atom. The van der Waals surface area contributed by atoms with Crippen molar-refractivity contribution in [3.8, 4) is 11.5 Å². The molecule has 2 aliphatic rings. The van der Waals surface area contributed by atoms with Crippen molar-refractivity contribution in [2.45, 2.75) is 30.3 Å². The molecular formula is C18H18ClNO4S. The van der Waals surface area contributed by atoms with Gasteiger partial charge in [-0.3, -0.25) is 0 Å². The summed E-state index contributed by atoms with van der Waals surface area (Å²) in [7, 11) is -3.96. The quantitative estimate of drug-likeness (QED) is 0.829. The van der Waals surface area contributed by atoms with Crippen LogP contribution in [0.3, 0.4) is 0 Å². The third kappa shape index (κ3) is 2.99. The van der Waals surface area contributed by atoms with E-state index in [4.69, 9.17) is 20.5 Å². The second-order valence-corrected chi connectivity index (χ2v) is 8.28. The molecule has 5 nitrogen and oxygen atoms in total. The Hall–Kier alpha value is -1.76. The Bertz CT molecular complexity index is 929. The van der Waals surface area contributed by atoms with Crippen LogP contribution in [0.2, 0.25) is 5.02 Å². The van der Waals surface area contributed by atoms with E-state index in [1.807, 2.05) is 6.07 Å². The SMILES string of the molecule is Cc1c(Cl)cccc1S(=O)(=O)Oc1ccc2c(c1)OC1CNCCC21. The largest absolute Gasteiger partial charge is 0.488 e. The number of halogens is 1. The fraction of sp³-hybridized carbons (Fsp3) is 0.333. The lowest BCUT2D eigenvalue weighted by Crippen LogP contribution is -2.39. The van der Waals surface area contributed by atoms with Gasteiger partial charge in [0.2, 0.25) is 0 Å². The molecule has 0 amide bonds. The van der Waals surface area contributed by atoms with Crippen LogP contribution < -0.4 is 14.2 Å². The molecule has 2 heterocycles. The summed E-state index contributed by atoms with van der Waals surface area (Å²) in [5.41, 5.74) is 1.59. The first-order valence-electron chi connectivity index (χ1n) is 8.16. The number of hydrogen-bond donors (Lipinski definition) is 1. The second kappa shape index (κ2) is 6.20. The summed E-state index contributed by atoms with van der Waals surface area (Å²) in [5, 5.41) is 3.70. The highest BCUT2D eigenvalue weighted by molar-refractivity contribution is 7.87. The summed E-state index contributed by atoms with van der Waals surface area (Å²) in [6, 6.07) is 9.97. The van der Waals surface area contributed by atoms with Gasteiger partial charge in [0.1, 0.15) is 22.5 Å². The number of fused-ring (bicyclic) bond motifs is 3. The summed E-state index contributed by atoms with van der Waals surface area (Å²) in [5.74, 6) is 1.30. The fourth-order valence-electron chi connectivity index (χ4n) is 3.48. The molecule has 2 unspecified atom stereocenters. The van der Waals surface area contributed by atoms with Crippen molar-refractivity contribution in [3.63, 3.8) is 0 Å². The average molecular weight is 380 g/mol. The summed E-state index contributed by atoms with van der Waals surface area (Å²) < 4.78 is 36.5. The van der Waals surface area contributed by atoms with Crippen molar-refractivity contribution < 1.29 is 17.3 Å². The Morgan fingerprint density at radius 1 is 1.28 bits per heavy atom. The number of piperidine rings is 1. The fourth-order valence-corrected chi connectivity index (χ4v) is 4.89. The predicted octanol–water partition coefficient (Wildman–Crippen LogP) is 3.25. The van der Waals surface area contributed by atoms with E-state index in [-0.39, 0.29) is 16.7 Å². The minimum Gasteiger partial charge on any atom is -0.488 e. The lowest BCUT2D eigenvalue weighted by atomic mass is 9.90. The summed E-state index contributed by atoms with van der Waals surface area (Å²) in [6.07, 6.45) is 1.11. The molecule has 0 saturated carbocycles. The molecule has 7 heteroatoms. The number of rotatable bonds is 3. The molecule has 1 N–H and O–H groups in total. The van der Waals surface area contributed by atoms with Gasteiger partial charge in [0, 0.05) is 29.1 Å². The first-order chi connectivity index (χ1) is 12.0. The average Bonchev–Trinajstić information content (AvgIpc) is 2.94. The number of hydrogen-bond acceptors (Lipinski definition) is 5. The molecule has 1 saturated heterocycles. The Balaban J connectivity index is 1.63. The maximum absolute atomic E-state index is 12.6. The van der Waals surface area contributed by atoms with Gasteiger partial charge in [0.05, 0.1) is 0 Å². The van der Waals surface area contributed by atoms with Crippen LogP contribution in [0.25, 0.3) is 0 Å². The highest BCUT2D eigenvalue weighted by Gasteiger charge is 2.36. The van der Waals surface area contributed by atoms with Gasteiger partial charge < -0.3 is 14.2 Å². The Morgan fingerprint density at radius 2 is 2.12 bits per heavy atom. The normalized spacial score (nSPS) is 22.0. The zero-order valence-electron chi connectivity index (χ0n) is 13.7. The van der Waals surface area contributed by atoms with Crippen LogP contribution in [0.4, 0.5) is 0 Å². The first kappa shape index (κ1) is 16.7. The standard InChI is InChI=1S/C18H18ClNO4S/c1-11-15(19)3-2-4-18(11)25(21,22)24-12-5-6-13-14-7-8-20-10-17(14)23-16(13)9-12/h2-6,9,14,17,20H,7-8,10H2,1H3. The van der Waals surface area contributed by atoms with E-state index in [2.05, 4.69) is 5.32 Å². The van der Waals surface area contributed by atoms with E-state index < -0.39 is 10.1 Å². The topological polar surface area (TPSA) is 64.6 Å². The third-order valence-electron chi connectivity index (χ3n) is 4.78. The number of ether oxygens (including phenoxy) is 1. The van der Waals surface area contributed by atoms with Crippen molar-refractivity contribution in [2.75, 3.05) is 13.1 Å². The van der Waals surface area contributed by atoms with Crippen LogP contribution in [0.1, 0.15) is 23.5 Å². The van der Waals surface area contributed by atoms with Crippen LogP contribution in [-0.4, -0.2) is 27.6 Å². The van der Waals surface area contributed by atoms with Crippen LogP contribution in [0.15, 0.2) is 41.3 Å². The Kier molecular flexibility index (Phi) is 4.14. The van der Waals surface area contributed by atoms with Crippen LogP contribution >= 0.6 is 11.6 Å². The molecule has 132 valence electrons. The third-order valence-corrected chi connectivity index (χ3v) is 6.58. The van der Waals surface area contributed by atoms with Crippen molar-refractivity contribution in [1.29, 1.82) is 0 Å². The maximum atomic E-state index is 12.6. The van der Waals surface area contributed by atoms with Gasteiger partial charge in [-0.05, 0) is 43.7 Å². The van der Waals surface area contributed by atoms with Gasteiger partial charge in [-0.25, -0.2) is 0 Å². The van der Waals surface area contributed by atoms with Crippen LogP contribution in [-0.2, 0) is 10.1 Å². The molecule has 0 bridgehead atoms. The van der Waals surface area contributed by atoms with Gasteiger partial charge in [-0.2, -0.15) is 8.42 Å². The molecular weight excluding hydrogens is 362 g/mol. The molecule has 4 rings (SSSR count). The zero-order valence-corrected chi connectivity index (χ0v) is 15.2. The second-order valence-electron chi connectivity index (χ2n) is 6.36. The highest BCUT2D eigenvalue weighted by Crippen LogP contribution is 2.43. The summed E-state index contributed by atoms with van der Waals surface area (Å²) >= 11 is 6.02. The number of benzene rings is 2. The smallest absolute Gasteiger partial charge is 0.339 e. The molecule has 0 radical (unpaired) electrons. The van der Waals surface area contributed by atoms with Crippen molar-refractivity contribution in [2.24, 2.45) is 0 Å². The monoisotopic (exact) mass is 379 g/mol. The van der Waals surface area contributed by atoms with Gasteiger partial charge in [0.25, 0.3) is 0 Å². The maximum Gasteiger partial charge on any atom is 0.339 e. The summed E-state index contributed by atoms with van der Waals surface area (Å²) in [6.45, 7) is 3.42. The molecule has 2 aromatic carbocycles.